The Morgan fingerprint density at radius 1 is 1.00 bits per heavy atom. The molecule has 8 nitrogen and oxygen atoms in total. The van der Waals surface area contributed by atoms with Gasteiger partial charge in [-0.2, -0.15) is 5.10 Å². The summed E-state index contributed by atoms with van der Waals surface area (Å²) in [5, 5.41) is 12.9. The molecule has 0 spiro atoms. The van der Waals surface area contributed by atoms with E-state index in [1.165, 1.54) is 12.1 Å². The van der Waals surface area contributed by atoms with Crippen LogP contribution in [0.25, 0.3) is 16.9 Å². The molecule has 0 aliphatic carbocycles. The molecule has 4 rings (SSSR count). The molecule has 0 unspecified atom stereocenters. The number of hydrogen-bond acceptors (Lipinski definition) is 5. The van der Waals surface area contributed by atoms with Crippen molar-refractivity contribution in [2.45, 2.75) is 4.90 Å². The van der Waals surface area contributed by atoms with Crippen LogP contribution in [0, 0.1) is 0 Å². The summed E-state index contributed by atoms with van der Waals surface area (Å²) in [5.74, 6) is -0.0404. The first-order valence-electron chi connectivity index (χ1n) is 9.03. The summed E-state index contributed by atoms with van der Waals surface area (Å²) in [6.45, 7) is 0. The number of sulfonamides is 1. The molecule has 2 aromatic carbocycles. The highest BCUT2D eigenvalue weighted by Gasteiger charge is 2.18. The molecule has 0 fully saturated rings. The summed E-state index contributed by atoms with van der Waals surface area (Å²) in [6.07, 6.45) is 1.57. The Kier molecular flexibility index (Phi) is 5.55. The zero-order valence-corrected chi connectivity index (χ0v) is 17.5. The lowest BCUT2D eigenvalue weighted by atomic mass is 10.1. The minimum absolute atomic E-state index is 0.0235. The molecule has 3 N–H and O–H groups in total. The number of primary sulfonamides is 1. The van der Waals surface area contributed by atoms with Gasteiger partial charge in [-0.25, -0.2) is 23.2 Å². The Morgan fingerprint density at radius 3 is 2.32 bits per heavy atom. The van der Waals surface area contributed by atoms with Gasteiger partial charge in [-0.1, -0.05) is 29.8 Å². The van der Waals surface area contributed by atoms with Crippen LogP contribution >= 0.6 is 11.6 Å². The minimum atomic E-state index is -3.83. The minimum Gasteiger partial charge on any atom is -0.305 e. The zero-order valence-electron chi connectivity index (χ0n) is 15.9. The monoisotopic (exact) mass is 453 g/mol. The number of amides is 1. The molecule has 0 radical (unpaired) electrons. The highest BCUT2D eigenvalue weighted by molar-refractivity contribution is 7.89. The fourth-order valence-corrected chi connectivity index (χ4v) is 3.55. The van der Waals surface area contributed by atoms with Crippen molar-refractivity contribution in [3.05, 3.63) is 89.7 Å². The van der Waals surface area contributed by atoms with Crippen LogP contribution in [0.15, 0.2) is 83.9 Å². The van der Waals surface area contributed by atoms with Crippen LogP contribution in [0.4, 0.5) is 5.82 Å². The Morgan fingerprint density at radius 2 is 1.71 bits per heavy atom. The van der Waals surface area contributed by atoms with Crippen molar-refractivity contribution in [3.8, 4) is 16.9 Å². The Hall–Kier alpha value is -3.53. The molecule has 1 amide bonds. The van der Waals surface area contributed by atoms with Crippen molar-refractivity contribution < 1.29 is 13.2 Å². The van der Waals surface area contributed by atoms with E-state index in [0.29, 0.717) is 22.2 Å². The SMILES string of the molecule is NS(=O)(=O)c1ccc(-n2nc(C(=O)Nc3ccccn3)cc2-c2ccc(Cl)cc2)cc1. The molecule has 0 saturated heterocycles. The first kappa shape index (κ1) is 20.7. The summed E-state index contributed by atoms with van der Waals surface area (Å²) in [5.41, 5.74) is 2.09. The second-order valence-electron chi connectivity index (χ2n) is 6.54. The van der Waals surface area contributed by atoms with Crippen molar-refractivity contribution in [2.24, 2.45) is 5.14 Å². The maximum atomic E-state index is 12.7. The summed E-state index contributed by atoms with van der Waals surface area (Å²) in [4.78, 5) is 16.8. The number of carbonyl (C=O) groups excluding carboxylic acids is 1. The maximum Gasteiger partial charge on any atom is 0.277 e. The van der Waals surface area contributed by atoms with Gasteiger partial charge in [-0.05, 0) is 54.6 Å². The first-order chi connectivity index (χ1) is 14.8. The number of rotatable bonds is 5. The van der Waals surface area contributed by atoms with Gasteiger partial charge in [0.25, 0.3) is 5.91 Å². The molecule has 31 heavy (non-hydrogen) atoms. The Balaban J connectivity index is 1.77. The highest BCUT2D eigenvalue weighted by atomic mass is 35.5. The molecule has 2 heterocycles. The van der Waals surface area contributed by atoms with Gasteiger partial charge in [0.2, 0.25) is 10.0 Å². The fraction of sp³-hybridized carbons (Fsp3) is 0. The predicted octanol–water partition coefficient (Wildman–Crippen LogP) is 3.49. The quantitative estimate of drug-likeness (QED) is 0.479. The molecule has 4 aromatic rings. The number of anilines is 1. The Labute approximate surface area is 183 Å². The second-order valence-corrected chi connectivity index (χ2v) is 8.54. The van der Waals surface area contributed by atoms with E-state index in [1.54, 1.807) is 71.5 Å². The van der Waals surface area contributed by atoms with Crippen molar-refractivity contribution in [2.75, 3.05) is 5.32 Å². The van der Waals surface area contributed by atoms with E-state index in [-0.39, 0.29) is 10.6 Å². The van der Waals surface area contributed by atoms with Gasteiger partial charge in [0, 0.05) is 16.8 Å². The molecule has 156 valence electrons. The average molecular weight is 454 g/mol. The summed E-state index contributed by atoms with van der Waals surface area (Å²) in [6, 6.07) is 19.7. The van der Waals surface area contributed by atoms with E-state index in [1.807, 2.05) is 0 Å². The molecule has 0 aliphatic rings. The van der Waals surface area contributed by atoms with Gasteiger partial charge in [-0.3, -0.25) is 4.79 Å². The molecule has 2 aromatic heterocycles. The molecule has 0 saturated carbocycles. The zero-order chi connectivity index (χ0) is 22.0. The highest BCUT2D eigenvalue weighted by Crippen LogP contribution is 2.26. The molecular formula is C21H16ClN5O3S. The van der Waals surface area contributed by atoms with E-state index in [9.17, 15) is 13.2 Å². The van der Waals surface area contributed by atoms with Crippen LogP contribution in [0.2, 0.25) is 5.02 Å². The van der Waals surface area contributed by atoms with Crippen LogP contribution in [0.5, 0.6) is 0 Å². The third-order valence-corrected chi connectivity index (χ3v) is 5.58. The summed E-state index contributed by atoms with van der Waals surface area (Å²) < 4.78 is 24.6. The van der Waals surface area contributed by atoms with Gasteiger partial charge in [0.1, 0.15) is 5.82 Å². The second kappa shape index (κ2) is 8.31. The normalized spacial score (nSPS) is 11.3. The van der Waals surface area contributed by atoms with E-state index in [4.69, 9.17) is 16.7 Å². The van der Waals surface area contributed by atoms with Crippen molar-refractivity contribution in [1.82, 2.24) is 14.8 Å². The van der Waals surface area contributed by atoms with Gasteiger partial charge in [0.15, 0.2) is 5.69 Å². The van der Waals surface area contributed by atoms with Crippen LogP contribution in [-0.4, -0.2) is 29.1 Å². The third-order valence-electron chi connectivity index (χ3n) is 4.40. The molecule has 0 aliphatic heterocycles. The first-order valence-corrected chi connectivity index (χ1v) is 11.0. The molecular weight excluding hydrogens is 438 g/mol. The lowest BCUT2D eigenvalue weighted by Crippen LogP contribution is -2.14. The van der Waals surface area contributed by atoms with Crippen LogP contribution in [0.3, 0.4) is 0 Å². The predicted molar refractivity (Wildman–Crippen MR) is 118 cm³/mol. The van der Waals surface area contributed by atoms with E-state index in [2.05, 4.69) is 15.4 Å². The molecule has 0 atom stereocenters. The van der Waals surface area contributed by atoms with Gasteiger partial charge in [-0.15, -0.1) is 0 Å². The molecule has 0 bridgehead atoms. The number of nitrogens with one attached hydrogen (secondary N) is 1. The Bertz CT molecular complexity index is 1340. The van der Waals surface area contributed by atoms with E-state index in [0.717, 1.165) is 5.56 Å². The average Bonchev–Trinajstić information content (AvgIpc) is 3.20. The van der Waals surface area contributed by atoms with Gasteiger partial charge < -0.3 is 5.32 Å². The van der Waals surface area contributed by atoms with Crippen molar-refractivity contribution in [3.63, 3.8) is 0 Å². The van der Waals surface area contributed by atoms with E-state index < -0.39 is 15.9 Å². The fourth-order valence-electron chi connectivity index (χ4n) is 2.91. The summed E-state index contributed by atoms with van der Waals surface area (Å²) >= 11 is 6.00. The largest absolute Gasteiger partial charge is 0.305 e. The van der Waals surface area contributed by atoms with Gasteiger partial charge in [0.05, 0.1) is 16.3 Å². The van der Waals surface area contributed by atoms with Crippen molar-refractivity contribution in [1.29, 1.82) is 0 Å². The van der Waals surface area contributed by atoms with Crippen LogP contribution in [0.1, 0.15) is 10.5 Å². The topological polar surface area (TPSA) is 120 Å². The number of nitrogens with zero attached hydrogens (tertiary/aromatic N) is 3. The third kappa shape index (κ3) is 4.64. The number of aromatic nitrogens is 3. The smallest absolute Gasteiger partial charge is 0.277 e. The van der Waals surface area contributed by atoms with Gasteiger partial charge >= 0.3 is 0 Å². The standard InChI is InChI=1S/C21H16ClN5O3S/c22-15-6-4-14(5-7-15)19-13-18(21(28)25-20-3-1-2-12-24-20)26-27(19)16-8-10-17(11-9-16)31(23,29)30/h1-13H,(H2,23,29,30)(H,24,25,28). The van der Waals surface area contributed by atoms with Crippen molar-refractivity contribution >= 4 is 33.3 Å². The number of pyridine rings is 1. The number of carbonyl (C=O) groups is 1. The van der Waals surface area contributed by atoms with E-state index >= 15 is 0 Å². The van der Waals surface area contributed by atoms with Crippen LogP contribution in [-0.2, 0) is 10.0 Å². The maximum absolute atomic E-state index is 12.7. The number of benzene rings is 2. The number of nitrogens with two attached hydrogens (primary N) is 1. The lowest BCUT2D eigenvalue weighted by molar-refractivity contribution is 0.102. The number of halogens is 1. The lowest BCUT2D eigenvalue weighted by Gasteiger charge is -2.08. The molecule has 10 heteroatoms. The number of hydrogen-bond donors (Lipinski definition) is 2. The van der Waals surface area contributed by atoms with Crippen LogP contribution < -0.4 is 10.5 Å². The summed E-state index contributed by atoms with van der Waals surface area (Å²) in [7, 11) is -3.83.